The maximum Gasteiger partial charge on any atom is 0.456 e. The van der Waals surface area contributed by atoms with E-state index in [1.54, 1.807) is 0 Å². The predicted octanol–water partition coefficient (Wildman–Crippen LogP) is 2.26. The lowest BCUT2D eigenvalue weighted by Crippen LogP contribution is -2.52. The summed E-state index contributed by atoms with van der Waals surface area (Å²) < 4.78 is 31.5. The number of alkyl halides is 2. The molecule has 0 aromatic carbocycles. The number of aliphatic hydroxyl groups is 1. The Balaban J connectivity index is 2.19. The van der Waals surface area contributed by atoms with E-state index >= 15 is 0 Å². The van der Waals surface area contributed by atoms with E-state index in [1.807, 2.05) is 6.92 Å². The highest BCUT2D eigenvalue weighted by molar-refractivity contribution is 5.73. The Bertz CT molecular complexity index is 357. The lowest BCUT2D eigenvalue weighted by atomic mass is 9.62. The highest BCUT2D eigenvalue weighted by atomic mass is 19.3. The molecule has 4 unspecified atom stereocenters. The second kappa shape index (κ2) is 4.98. The van der Waals surface area contributed by atoms with Crippen LogP contribution in [0.1, 0.15) is 39.0 Å². The summed E-state index contributed by atoms with van der Waals surface area (Å²) in [6.45, 7) is 1.91. The minimum atomic E-state index is -4.15. The van der Waals surface area contributed by atoms with Crippen LogP contribution in [0.25, 0.3) is 0 Å². The molecule has 0 heterocycles. The molecule has 2 N–H and O–H groups in total. The summed E-state index contributed by atoms with van der Waals surface area (Å²) in [5.41, 5.74) is -1.10. The van der Waals surface area contributed by atoms with Gasteiger partial charge in [0, 0.05) is 6.61 Å². The van der Waals surface area contributed by atoms with E-state index in [1.165, 1.54) is 0 Å². The molecule has 110 valence electrons. The van der Waals surface area contributed by atoms with E-state index in [0.29, 0.717) is 19.3 Å². The van der Waals surface area contributed by atoms with Crippen LogP contribution in [0.15, 0.2) is 0 Å². The number of aliphatic hydroxyl groups excluding tert-OH is 1. The Morgan fingerprint density at radius 3 is 2.63 bits per heavy atom. The Labute approximate surface area is 110 Å². The number of ether oxygens (including phenoxy) is 1. The molecule has 0 radical (unpaired) electrons. The Kier molecular flexibility index (Phi) is 3.84. The third kappa shape index (κ3) is 3.05. The van der Waals surface area contributed by atoms with Crippen LogP contribution in [-0.2, 0) is 9.53 Å². The van der Waals surface area contributed by atoms with Crippen molar-refractivity contribution in [2.24, 2.45) is 17.8 Å². The number of hydrogen-bond donors (Lipinski definition) is 2. The monoisotopic (exact) mass is 278 g/mol. The minimum absolute atomic E-state index is 0.0609. The molecule has 6 heteroatoms. The van der Waals surface area contributed by atoms with Gasteiger partial charge in [-0.1, -0.05) is 6.92 Å². The van der Waals surface area contributed by atoms with Gasteiger partial charge in [-0.15, -0.1) is 0 Å². The molecule has 2 aliphatic rings. The van der Waals surface area contributed by atoms with Gasteiger partial charge >= 0.3 is 12.1 Å². The van der Waals surface area contributed by atoms with E-state index in [4.69, 9.17) is 9.84 Å². The van der Waals surface area contributed by atoms with Gasteiger partial charge in [-0.3, -0.25) is 0 Å². The quantitative estimate of drug-likeness (QED) is 0.827. The van der Waals surface area contributed by atoms with Gasteiger partial charge in [0.25, 0.3) is 0 Å². The zero-order chi connectivity index (χ0) is 14.3. The first kappa shape index (κ1) is 14.7. The van der Waals surface area contributed by atoms with Gasteiger partial charge in [-0.05, 0) is 49.9 Å². The fourth-order valence-electron chi connectivity index (χ4n) is 3.99. The molecule has 0 aromatic heterocycles. The highest BCUT2D eigenvalue weighted by Crippen LogP contribution is 2.51. The third-order valence-electron chi connectivity index (χ3n) is 4.30. The number of hydrogen-bond acceptors (Lipinski definition) is 3. The van der Waals surface area contributed by atoms with E-state index in [9.17, 15) is 18.7 Å². The van der Waals surface area contributed by atoms with Crippen LogP contribution in [0.4, 0.5) is 8.78 Å². The summed E-state index contributed by atoms with van der Waals surface area (Å²) >= 11 is 0. The van der Waals surface area contributed by atoms with Crippen molar-refractivity contribution in [2.45, 2.75) is 50.7 Å². The van der Waals surface area contributed by atoms with E-state index in [-0.39, 0.29) is 24.4 Å². The maximum absolute atomic E-state index is 13.4. The molecule has 4 atom stereocenters. The summed E-state index contributed by atoms with van der Waals surface area (Å²) in [5, 5.41) is 17.8. The number of halogens is 2. The first-order valence-corrected chi connectivity index (χ1v) is 6.68. The number of carbonyl (C=O) groups is 1. The minimum Gasteiger partial charge on any atom is -0.475 e. The molecule has 2 saturated carbocycles. The van der Waals surface area contributed by atoms with Gasteiger partial charge in [0.1, 0.15) is 0 Å². The van der Waals surface area contributed by atoms with Crippen LogP contribution < -0.4 is 0 Å². The van der Waals surface area contributed by atoms with Crippen LogP contribution in [0.3, 0.4) is 0 Å². The lowest BCUT2D eigenvalue weighted by Gasteiger charge is -2.50. The number of carboxylic acid groups (broad SMARTS) is 1. The SMILES string of the molecule is CC1CC2CC(CO)CC(OC(F)(F)C(=O)O)(C1)C2. The van der Waals surface area contributed by atoms with Crippen molar-refractivity contribution in [2.75, 3.05) is 6.61 Å². The molecule has 0 aliphatic heterocycles. The molecule has 2 rings (SSSR count). The number of fused-ring (bicyclic) bond motifs is 2. The largest absolute Gasteiger partial charge is 0.475 e. The van der Waals surface area contributed by atoms with Crippen molar-refractivity contribution in [1.82, 2.24) is 0 Å². The summed E-state index contributed by atoms with van der Waals surface area (Å²) in [6.07, 6.45) is -1.20. The van der Waals surface area contributed by atoms with Crippen LogP contribution in [0.2, 0.25) is 0 Å². The van der Waals surface area contributed by atoms with Gasteiger partial charge in [-0.2, -0.15) is 8.78 Å². The fourth-order valence-corrected chi connectivity index (χ4v) is 3.99. The molecule has 2 fully saturated rings. The summed E-state index contributed by atoms with van der Waals surface area (Å²) in [5.74, 6) is -1.85. The van der Waals surface area contributed by atoms with Gasteiger partial charge < -0.3 is 14.9 Å². The molecular weight excluding hydrogens is 258 g/mol. The summed E-state index contributed by atoms with van der Waals surface area (Å²) in [7, 11) is 0. The molecule has 4 nitrogen and oxygen atoms in total. The van der Waals surface area contributed by atoms with Crippen molar-refractivity contribution in [3.05, 3.63) is 0 Å². The molecule has 0 spiro atoms. The normalized spacial score (nSPS) is 39.1. The van der Waals surface area contributed by atoms with Gasteiger partial charge in [0.15, 0.2) is 0 Å². The average molecular weight is 278 g/mol. The van der Waals surface area contributed by atoms with Gasteiger partial charge in [0.2, 0.25) is 0 Å². The van der Waals surface area contributed by atoms with E-state index in [0.717, 1.165) is 12.8 Å². The second-order valence-electron chi connectivity index (χ2n) is 6.21. The Morgan fingerprint density at radius 2 is 2.05 bits per heavy atom. The van der Waals surface area contributed by atoms with Crippen molar-refractivity contribution in [1.29, 1.82) is 0 Å². The maximum atomic E-state index is 13.4. The smallest absolute Gasteiger partial charge is 0.456 e. The van der Waals surface area contributed by atoms with Crippen molar-refractivity contribution in [3.63, 3.8) is 0 Å². The number of carboxylic acids is 1. The first-order chi connectivity index (χ1) is 8.76. The summed E-state index contributed by atoms with van der Waals surface area (Å²) in [4.78, 5) is 10.6. The predicted molar refractivity (Wildman–Crippen MR) is 62.7 cm³/mol. The second-order valence-corrected chi connectivity index (χ2v) is 6.21. The molecule has 19 heavy (non-hydrogen) atoms. The van der Waals surface area contributed by atoms with Crippen molar-refractivity contribution >= 4 is 5.97 Å². The van der Waals surface area contributed by atoms with Crippen LogP contribution in [0.5, 0.6) is 0 Å². The van der Waals surface area contributed by atoms with E-state index in [2.05, 4.69) is 0 Å². The highest BCUT2D eigenvalue weighted by Gasteiger charge is 2.54. The third-order valence-corrected chi connectivity index (χ3v) is 4.30. The number of aliphatic carboxylic acids is 1. The van der Waals surface area contributed by atoms with Gasteiger partial charge in [0.05, 0.1) is 5.60 Å². The van der Waals surface area contributed by atoms with E-state index < -0.39 is 17.7 Å². The first-order valence-electron chi connectivity index (χ1n) is 6.68. The molecular formula is C13H20F2O4. The zero-order valence-corrected chi connectivity index (χ0v) is 10.9. The number of rotatable bonds is 4. The van der Waals surface area contributed by atoms with Crippen LogP contribution >= 0.6 is 0 Å². The fraction of sp³-hybridized carbons (Fsp3) is 0.923. The standard InChI is InChI=1S/C13H20F2O4/c1-8-2-9-3-10(7-16)6-12(4-8,5-9)19-13(14,15)11(17)18/h8-10,16H,2-7H2,1H3,(H,17,18). The Morgan fingerprint density at radius 1 is 1.37 bits per heavy atom. The molecule has 0 amide bonds. The lowest BCUT2D eigenvalue weighted by molar-refractivity contribution is -0.308. The molecule has 0 saturated heterocycles. The zero-order valence-electron chi connectivity index (χ0n) is 10.9. The molecule has 0 aromatic rings. The van der Waals surface area contributed by atoms with Crippen molar-refractivity contribution < 1.29 is 28.5 Å². The Hall–Kier alpha value is -0.750. The molecule has 2 bridgehead atoms. The van der Waals surface area contributed by atoms with Crippen molar-refractivity contribution in [3.8, 4) is 0 Å². The average Bonchev–Trinajstić information content (AvgIpc) is 2.25. The van der Waals surface area contributed by atoms with Crippen LogP contribution in [0, 0.1) is 17.8 Å². The van der Waals surface area contributed by atoms with Gasteiger partial charge in [-0.25, -0.2) is 4.79 Å². The summed E-state index contributed by atoms with van der Waals surface area (Å²) in [6, 6.07) is 0. The van der Waals surface area contributed by atoms with Crippen LogP contribution in [-0.4, -0.2) is 34.5 Å². The topological polar surface area (TPSA) is 66.8 Å². The molecule has 2 aliphatic carbocycles.